The molecule has 0 atom stereocenters. The molecular weight excluding hydrogens is 436 g/mol. The van der Waals surface area contributed by atoms with Crippen LogP contribution in [0.5, 0.6) is 11.5 Å². The van der Waals surface area contributed by atoms with Crippen LogP contribution >= 0.6 is 0 Å². The Labute approximate surface area is 196 Å². The van der Waals surface area contributed by atoms with Crippen LogP contribution in [-0.4, -0.2) is 27.8 Å². The zero-order valence-corrected chi connectivity index (χ0v) is 18.9. The molecule has 0 heterocycles. The molecule has 0 spiro atoms. The van der Waals surface area contributed by atoms with E-state index in [0.717, 1.165) is 43.8 Å². The zero-order chi connectivity index (χ0) is 23.9. The summed E-state index contributed by atoms with van der Waals surface area (Å²) in [6, 6.07) is 19.2. The van der Waals surface area contributed by atoms with E-state index in [-0.39, 0.29) is 26.7 Å². The molecule has 0 bridgehead atoms. The molecule has 4 aromatic rings. The zero-order valence-electron chi connectivity index (χ0n) is 18.9. The molecule has 0 unspecified atom stereocenters. The molecule has 8 nitrogen and oxygen atoms in total. The summed E-state index contributed by atoms with van der Waals surface area (Å²) in [5, 5.41) is 9.70. The second-order valence-corrected chi connectivity index (χ2v) is 7.66. The first-order valence-electron chi connectivity index (χ1n) is 10.6. The predicted molar refractivity (Wildman–Crippen MR) is 131 cm³/mol. The van der Waals surface area contributed by atoms with Crippen molar-refractivity contribution in [2.75, 3.05) is 27.8 Å². The first-order chi connectivity index (χ1) is 16.7. The number of hydrogen-bond donors (Lipinski definition) is 0. The lowest BCUT2D eigenvalue weighted by Gasteiger charge is -2.19. The molecule has 0 fully saturated rings. The fourth-order valence-electron chi connectivity index (χ4n) is 4.07. The van der Waals surface area contributed by atoms with Gasteiger partial charge in [-0.2, -0.15) is 9.81 Å². The Morgan fingerprint density at radius 1 is 0.618 bits per heavy atom. The first-order valence-corrected chi connectivity index (χ1v) is 10.6. The number of ether oxygens (including phenoxy) is 4. The second-order valence-electron chi connectivity index (χ2n) is 7.66. The highest BCUT2D eigenvalue weighted by Gasteiger charge is 2.20. The van der Waals surface area contributed by atoms with Crippen molar-refractivity contribution >= 4 is 21.5 Å². The van der Waals surface area contributed by atoms with Crippen LogP contribution in [0.1, 0.15) is 11.1 Å². The summed E-state index contributed by atoms with van der Waals surface area (Å²) in [6.45, 7) is 0.327. The van der Waals surface area contributed by atoms with E-state index in [9.17, 15) is 9.81 Å². The van der Waals surface area contributed by atoms with Gasteiger partial charge in [0.15, 0.2) is 13.6 Å². The third-order valence-electron chi connectivity index (χ3n) is 5.50. The van der Waals surface area contributed by atoms with Crippen LogP contribution in [0.2, 0.25) is 0 Å². The van der Waals surface area contributed by atoms with Gasteiger partial charge in [-0.1, -0.05) is 46.8 Å². The fraction of sp³-hybridized carbons (Fsp3) is 0.231. The second kappa shape index (κ2) is 10.8. The first kappa shape index (κ1) is 23.3. The Morgan fingerprint density at radius 2 is 1.06 bits per heavy atom. The number of benzene rings is 4. The van der Waals surface area contributed by atoms with Crippen molar-refractivity contribution in [2.24, 2.45) is 10.4 Å². The van der Waals surface area contributed by atoms with Crippen molar-refractivity contribution in [1.82, 2.24) is 0 Å². The van der Waals surface area contributed by atoms with Gasteiger partial charge in [0.25, 0.3) is 0 Å². The van der Waals surface area contributed by atoms with Crippen LogP contribution in [0, 0.1) is 9.81 Å². The van der Waals surface area contributed by atoms with Crippen LogP contribution in [0.3, 0.4) is 0 Å². The minimum atomic E-state index is 0.0693. The molecule has 0 N–H and O–H groups in total. The summed E-state index contributed by atoms with van der Waals surface area (Å²) in [5.74, 6) is 1.23. The summed E-state index contributed by atoms with van der Waals surface area (Å²) in [7, 11) is 3.13. The molecule has 4 rings (SSSR count). The molecule has 0 aliphatic heterocycles. The maximum atomic E-state index is 10.8. The lowest BCUT2D eigenvalue weighted by atomic mass is 9.91. The Balaban J connectivity index is 2.04. The minimum absolute atomic E-state index is 0.0693. The summed E-state index contributed by atoms with van der Waals surface area (Å²) >= 11 is 0. The summed E-state index contributed by atoms with van der Waals surface area (Å²) in [6.07, 6.45) is 0. The van der Waals surface area contributed by atoms with E-state index >= 15 is 0 Å². The van der Waals surface area contributed by atoms with Gasteiger partial charge in [-0.15, -0.1) is 0 Å². The van der Waals surface area contributed by atoms with Gasteiger partial charge in [-0.3, -0.25) is 0 Å². The number of nitroso groups, excluding NO2 is 2. The van der Waals surface area contributed by atoms with Gasteiger partial charge in [0.1, 0.15) is 24.6 Å². The monoisotopic (exact) mass is 460 g/mol. The molecular formula is C26H24N2O6. The number of methoxy groups -OCH3 is 2. The molecule has 0 saturated heterocycles. The van der Waals surface area contributed by atoms with Crippen LogP contribution in [0.15, 0.2) is 71.0 Å². The van der Waals surface area contributed by atoms with Gasteiger partial charge >= 0.3 is 0 Å². The highest BCUT2D eigenvalue weighted by atomic mass is 16.7. The van der Waals surface area contributed by atoms with E-state index in [1.54, 1.807) is 14.2 Å². The minimum Gasteiger partial charge on any atom is -0.467 e. The Hall–Kier alpha value is -3.88. The van der Waals surface area contributed by atoms with Crippen LogP contribution in [0.4, 0.5) is 0 Å². The van der Waals surface area contributed by atoms with Crippen LogP contribution in [-0.2, 0) is 22.6 Å². The highest BCUT2D eigenvalue weighted by Crippen LogP contribution is 2.46. The summed E-state index contributed by atoms with van der Waals surface area (Å²) < 4.78 is 22.3. The van der Waals surface area contributed by atoms with Gasteiger partial charge in [0.2, 0.25) is 0 Å². The number of nitrogens with zero attached hydrogens (tertiary/aromatic N) is 2. The van der Waals surface area contributed by atoms with Crippen LogP contribution in [0.25, 0.3) is 32.7 Å². The van der Waals surface area contributed by atoms with E-state index in [1.807, 2.05) is 60.7 Å². The van der Waals surface area contributed by atoms with Crippen molar-refractivity contribution in [3.05, 3.63) is 81.6 Å². The van der Waals surface area contributed by atoms with Crippen molar-refractivity contribution in [3.8, 4) is 22.6 Å². The predicted octanol–water partition coefficient (Wildman–Crippen LogP) is 6.16. The SMILES string of the molecule is COCOc1ccc2cc(CN=O)ccc2c1-c1c(OCOC)ccc2cc(CN=O)ccc12. The topological polar surface area (TPSA) is 95.8 Å². The van der Waals surface area contributed by atoms with Crippen LogP contribution < -0.4 is 9.47 Å². The molecule has 8 heteroatoms. The molecule has 174 valence electrons. The smallest absolute Gasteiger partial charge is 0.188 e. The van der Waals surface area contributed by atoms with E-state index in [1.165, 1.54) is 0 Å². The fourth-order valence-corrected chi connectivity index (χ4v) is 4.07. The molecule has 0 radical (unpaired) electrons. The van der Waals surface area contributed by atoms with Crippen molar-refractivity contribution in [1.29, 1.82) is 0 Å². The maximum absolute atomic E-state index is 10.8. The van der Waals surface area contributed by atoms with Gasteiger partial charge < -0.3 is 18.9 Å². The highest BCUT2D eigenvalue weighted by molar-refractivity contribution is 6.10. The van der Waals surface area contributed by atoms with Gasteiger partial charge in [-0.25, -0.2) is 0 Å². The molecule has 0 aliphatic carbocycles. The quantitative estimate of drug-likeness (QED) is 0.196. The van der Waals surface area contributed by atoms with E-state index in [4.69, 9.17) is 18.9 Å². The number of fused-ring (bicyclic) bond motifs is 2. The normalized spacial score (nSPS) is 11.0. The molecule has 0 aliphatic rings. The Kier molecular flexibility index (Phi) is 7.41. The summed E-state index contributed by atoms with van der Waals surface area (Å²) in [5.41, 5.74) is 3.27. The standard InChI is InChI=1S/C26H24N2O6/c1-31-15-33-23-9-5-19-11-17(13-27-29)3-7-21(19)25(23)26-22-8-4-18(14-28-30)12-20(22)6-10-24(26)34-16-32-2/h3-12H,13-16H2,1-2H3. The lowest BCUT2D eigenvalue weighted by Crippen LogP contribution is -2.04. The van der Waals surface area contributed by atoms with E-state index in [0.29, 0.717) is 11.5 Å². The average molecular weight is 460 g/mol. The Morgan fingerprint density at radius 3 is 1.44 bits per heavy atom. The van der Waals surface area contributed by atoms with Gasteiger partial charge in [-0.05, 0) is 56.9 Å². The summed E-state index contributed by atoms with van der Waals surface area (Å²) in [4.78, 5) is 21.6. The maximum Gasteiger partial charge on any atom is 0.188 e. The molecule has 4 aromatic carbocycles. The molecule has 34 heavy (non-hydrogen) atoms. The number of hydrogen-bond acceptors (Lipinski definition) is 8. The van der Waals surface area contributed by atoms with E-state index < -0.39 is 0 Å². The van der Waals surface area contributed by atoms with E-state index in [2.05, 4.69) is 10.4 Å². The third-order valence-corrected chi connectivity index (χ3v) is 5.50. The van der Waals surface area contributed by atoms with Crippen molar-refractivity contribution in [3.63, 3.8) is 0 Å². The number of rotatable bonds is 11. The van der Waals surface area contributed by atoms with Crippen molar-refractivity contribution < 1.29 is 18.9 Å². The molecule has 0 aromatic heterocycles. The lowest BCUT2D eigenvalue weighted by molar-refractivity contribution is 0.0502. The average Bonchev–Trinajstić information content (AvgIpc) is 2.86. The molecule has 0 saturated carbocycles. The van der Waals surface area contributed by atoms with Gasteiger partial charge in [0, 0.05) is 25.3 Å². The third kappa shape index (κ3) is 4.73. The van der Waals surface area contributed by atoms with Gasteiger partial charge in [0.05, 0.1) is 0 Å². The Bertz CT molecular complexity index is 1230. The largest absolute Gasteiger partial charge is 0.467 e. The van der Waals surface area contributed by atoms with Crippen molar-refractivity contribution in [2.45, 2.75) is 13.1 Å². The molecule has 0 amide bonds.